The second kappa shape index (κ2) is 4.05. The average Bonchev–Trinajstić information content (AvgIpc) is 2.59. The highest BCUT2D eigenvalue weighted by Crippen LogP contribution is 2.34. The van der Waals surface area contributed by atoms with Crippen LogP contribution in [0.5, 0.6) is 0 Å². The summed E-state index contributed by atoms with van der Waals surface area (Å²) in [7, 11) is 0. The van der Waals surface area contributed by atoms with Gasteiger partial charge < -0.3 is 10.5 Å². The standard InChI is InChI=1S/C10H3N4O/c11-1-6-7(2-12)9(4-14)10(5-15)8(6)3-13/h15H,5H2/q-1. The number of aliphatic hydroxyl groups excluding tert-OH is 1. The fraction of sp³-hybridized carbons (Fsp3) is 0.100. The fourth-order valence-corrected chi connectivity index (χ4v) is 1.31. The third kappa shape index (κ3) is 1.33. The minimum absolute atomic E-state index is 0.0492. The maximum Gasteiger partial charge on any atom is 0.102 e. The Morgan fingerprint density at radius 2 is 1.53 bits per heavy atom. The van der Waals surface area contributed by atoms with Crippen molar-refractivity contribution in [1.29, 1.82) is 15.8 Å². The van der Waals surface area contributed by atoms with Gasteiger partial charge in [0.1, 0.15) is 18.2 Å². The van der Waals surface area contributed by atoms with Crippen LogP contribution in [-0.4, -0.2) is 17.6 Å². The molecule has 0 saturated heterocycles. The lowest BCUT2D eigenvalue weighted by Gasteiger charge is -2.00. The first kappa shape index (κ1) is 10.4. The Balaban J connectivity index is 3.65. The number of allylic oxidation sites excluding steroid dienone is 3. The van der Waals surface area contributed by atoms with E-state index in [2.05, 4.69) is 0 Å². The summed E-state index contributed by atoms with van der Waals surface area (Å²) < 4.78 is 0. The predicted octanol–water partition coefficient (Wildman–Crippen LogP) is 0.322. The van der Waals surface area contributed by atoms with Crippen LogP contribution in [0.2, 0.25) is 0 Å². The Morgan fingerprint density at radius 3 is 1.87 bits per heavy atom. The van der Waals surface area contributed by atoms with Crippen LogP contribution >= 0.6 is 0 Å². The van der Waals surface area contributed by atoms with E-state index in [4.69, 9.17) is 26.3 Å². The topological polar surface area (TPSA) is 114 Å². The molecule has 0 aromatic carbocycles. The molecular weight excluding hydrogens is 192 g/mol. The van der Waals surface area contributed by atoms with Crippen molar-refractivity contribution in [2.24, 2.45) is 0 Å². The highest BCUT2D eigenvalue weighted by atomic mass is 16.3. The second-order valence-corrected chi connectivity index (χ2v) is 2.58. The molecule has 0 radical (unpaired) electrons. The number of nitriles is 3. The minimum atomic E-state index is -0.540. The second-order valence-electron chi connectivity index (χ2n) is 2.58. The molecule has 0 bridgehead atoms. The van der Waals surface area contributed by atoms with Crippen LogP contribution in [0.25, 0.3) is 5.41 Å². The van der Waals surface area contributed by atoms with Crippen LogP contribution in [0.1, 0.15) is 0 Å². The van der Waals surface area contributed by atoms with Crippen molar-refractivity contribution in [2.45, 2.75) is 0 Å². The molecule has 0 spiro atoms. The van der Waals surface area contributed by atoms with Crippen LogP contribution < -0.4 is 0 Å². The maximum atomic E-state index is 8.97. The molecule has 1 N–H and O–H groups in total. The molecule has 0 aromatic rings. The van der Waals surface area contributed by atoms with Gasteiger partial charge >= 0.3 is 0 Å². The molecule has 1 aliphatic carbocycles. The Hall–Kier alpha value is -2.64. The number of hydrogen-bond acceptors (Lipinski definition) is 4. The van der Waals surface area contributed by atoms with Gasteiger partial charge in [-0.25, -0.2) is 0 Å². The van der Waals surface area contributed by atoms with E-state index in [1.807, 2.05) is 0 Å². The van der Waals surface area contributed by atoms with E-state index in [1.54, 1.807) is 24.1 Å². The van der Waals surface area contributed by atoms with Gasteiger partial charge in [0.25, 0.3) is 0 Å². The largest absolute Gasteiger partial charge is 0.763 e. The highest BCUT2D eigenvalue weighted by molar-refractivity contribution is 5.86. The average molecular weight is 195 g/mol. The lowest BCUT2D eigenvalue weighted by Crippen LogP contribution is -1.95. The third-order valence-electron chi connectivity index (χ3n) is 1.96. The van der Waals surface area contributed by atoms with E-state index in [0.29, 0.717) is 0 Å². The van der Waals surface area contributed by atoms with Gasteiger partial charge in [0.2, 0.25) is 0 Å². The summed E-state index contributed by atoms with van der Waals surface area (Å²) in [5.41, 5.74) is -0.407. The van der Waals surface area contributed by atoms with Crippen molar-refractivity contribution in [3.8, 4) is 18.2 Å². The summed E-state index contributed by atoms with van der Waals surface area (Å²) in [6, 6.07) is 5.09. The van der Waals surface area contributed by atoms with Gasteiger partial charge in [0, 0.05) is 11.1 Å². The molecule has 1 rings (SSSR count). The van der Waals surface area contributed by atoms with Gasteiger partial charge in [-0.3, -0.25) is 5.87 Å². The molecule has 70 valence electrons. The molecule has 0 fully saturated rings. The van der Waals surface area contributed by atoms with Crippen LogP contribution in [0.15, 0.2) is 27.9 Å². The molecule has 5 nitrogen and oxygen atoms in total. The first-order valence-corrected chi connectivity index (χ1v) is 3.81. The Labute approximate surface area is 85.6 Å². The summed E-state index contributed by atoms with van der Waals surface area (Å²) in [6.07, 6.45) is 0. The lowest BCUT2D eigenvalue weighted by molar-refractivity contribution is 0.334. The summed E-state index contributed by atoms with van der Waals surface area (Å²) in [4.78, 5) is 0. The Morgan fingerprint density at radius 1 is 1.00 bits per heavy atom. The normalized spacial score (nSPS) is 14.4. The Bertz CT molecular complexity index is 554. The van der Waals surface area contributed by atoms with Crippen LogP contribution in [0.3, 0.4) is 0 Å². The molecule has 15 heavy (non-hydrogen) atoms. The molecule has 0 aliphatic heterocycles. The monoisotopic (exact) mass is 195 g/mol. The Kier molecular flexibility index (Phi) is 2.82. The van der Waals surface area contributed by atoms with E-state index in [0.717, 1.165) is 0 Å². The maximum absolute atomic E-state index is 8.97. The summed E-state index contributed by atoms with van der Waals surface area (Å²) >= 11 is 0. The smallest absolute Gasteiger partial charge is 0.102 e. The summed E-state index contributed by atoms with van der Waals surface area (Å²) in [5.74, 6) is 1.71. The quantitative estimate of drug-likeness (QED) is 0.606. The predicted molar refractivity (Wildman–Crippen MR) is 49.9 cm³/mol. The zero-order chi connectivity index (χ0) is 11.4. The number of hydrogen-bond donors (Lipinski definition) is 1. The van der Waals surface area contributed by atoms with Gasteiger partial charge in [-0.15, -0.1) is 0 Å². The molecular formula is C10H3N4O-. The first-order chi connectivity index (χ1) is 7.24. The molecule has 1 aliphatic rings. The van der Waals surface area contributed by atoms with Crippen LogP contribution in [0.4, 0.5) is 0 Å². The first-order valence-electron chi connectivity index (χ1n) is 3.81. The zero-order valence-corrected chi connectivity index (χ0v) is 7.44. The van der Waals surface area contributed by atoms with Crippen molar-refractivity contribution >= 4 is 5.87 Å². The molecule has 0 heterocycles. The van der Waals surface area contributed by atoms with Crippen molar-refractivity contribution < 1.29 is 5.11 Å². The van der Waals surface area contributed by atoms with Crippen LogP contribution in [0, 0.1) is 34.0 Å². The van der Waals surface area contributed by atoms with Crippen molar-refractivity contribution in [1.82, 2.24) is 0 Å². The fourth-order valence-electron chi connectivity index (χ4n) is 1.31. The van der Waals surface area contributed by atoms with E-state index >= 15 is 0 Å². The van der Waals surface area contributed by atoms with E-state index < -0.39 is 6.61 Å². The molecule has 0 aromatic heterocycles. The number of aliphatic hydroxyl groups is 1. The van der Waals surface area contributed by atoms with Gasteiger partial charge in [-0.2, -0.15) is 15.8 Å². The van der Waals surface area contributed by atoms with Gasteiger partial charge in [0.15, 0.2) is 0 Å². The van der Waals surface area contributed by atoms with Crippen molar-refractivity contribution in [3.63, 3.8) is 0 Å². The van der Waals surface area contributed by atoms with Gasteiger partial charge in [-0.1, -0.05) is 0 Å². The highest BCUT2D eigenvalue weighted by Gasteiger charge is 2.28. The van der Waals surface area contributed by atoms with Crippen LogP contribution in [-0.2, 0) is 0 Å². The number of nitrogens with zero attached hydrogens (tertiary/aromatic N) is 4. The molecule has 0 unspecified atom stereocenters. The van der Waals surface area contributed by atoms with Gasteiger partial charge in [-0.05, 0) is 0 Å². The molecule has 0 saturated carbocycles. The summed E-state index contributed by atoms with van der Waals surface area (Å²) in [6.45, 7) is -0.540. The lowest BCUT2D eigenvalue weighted by atomic mass is 10.1. The molecule has 0 amide bonds. The molecule has 5 heteroatoms. The van der Waals surface area contributed by atoms with Crippen molar-refractivity contribution in [3.05, 3.63) is 33.3 Å². The zero-order valence-electron chi connectivity index (χ0n) is 7.44. The van der Waals surface area contributed by atoms with E-state index in [9.17, 15) is 0 Å². The van der Waals surface area contributed by atoms with Gasteiger partial charge in [0.05, 0.1) is 23.3 Å². The summed E-state index contributed by atoms with van der Waals surface area (Å²) in [5, 5.41) is 44.0. The SMILES string of the molecule is N#CC1=C(C#N)C(C#N)=C(CO)C1=C=[N-]. The van der Waals surface area contributed by atoms with Crippen molar-refractivity contribution in [2.75, 3.05) is 6.61 Å². The van der Waals surface area contributed by atoms with E-state index in [1.165, 1.54) is 0 Å². The van der Waals surface area contributed by atoms with E-state index in [-0.39, 0.29) is 27.9 Å². The minimum Gasteiger partial charge on any atom is -0.763 e. The number of rotatable bonds is 1. The molecule has 0 atom stereocenters. The third-order valence-corrected chi connectivity index (χ3v) is 1.96.